The number of aryl methyl sites for hydroxylation is 1. The number of amides is 1. The molecule has 4 rings (SSSR count). The van der Waals surface area contributed by atoms with E-state index in [1.54, 1.807) is 25.7 Å². The zero-order valence-electron chi connectivity index (χ0n) is 16.8. The highest BCUT2D eigenvalue weighted by Gasteiger charge is 2.22. The molecule has 1 fully saturated rings. The molecule has 1 aliphatic heterocycles. The summed E-state index contributed by atoms with van der Waals surface area (Å²) in [5.41, 5.74) is 0.755. The molecular formula is C21H24N6O3. The van der Waals surface area contributed by atoms with Crippen LogP contribution in [0, 0.1) is 0 Å². The third-order valence-corrected chi connectivity index (χ3v) is 5.04. The van der Waals surface area contributed by atoms with Crippen molar-refractivity contribution in [3.05, 3.63) is 48.7 Å². The number of benzene rings is 1. The fourth-order valence-electron chi connectivity index (χ4n) is 3.57. The molecular weight excluding hydrogens is 384 g/mol. The third kappa shape index (κ3) is 4.73. The maximum absolute atomic E-state index is 12.4. The van der Waals surface area contributed by atoms with Crippen molar-refractivity contribution in [3.8, 4) is 17.1 Å². The van der Waals surface area contributed by atoms with E-state index in [9.17, 15) is 4.79 Å². The highest BCUT2D eigenvalue weighted by atomic mass is 16.5. The van der Waals surface area contributed by atoms with E-state index < -0.39 is 0 Å². The Morgan fingerprint density at radius 2 is 2.23 bits per heavy atom. The highest BCUT2D eigenvalue weighted by Crippen LogP contribution is 2.27. The molecule has 9 heteroatoms. The maximum atomic E-state index is 12.4. The van der Waals surface area contributed by atoms with E-state index in [-0.39, 0.29) is 18.4 Å². The first-order valence-electron chi connectivity index (χ1n) is 9.99. The van der Waals surface area contributed by atoms with Crippen LogP contribution >= 0.6 is 0 Å². The summed E-state index contributed by atoms with van der Waals surface area (Å²) in [5.74, 6) is 2.36. The molecule has 0 saturated carbocycles. The van der Waals surface area contributed by atoms with Crippen LogP contribution in [0.2, 0.25) is 0 Å². The van der Waals surface area contributed by atoms with Crippen molar-refractivity contribution in [3.63, 3.8) is 0 Å². The molecule has 3 aromatic rings. The van der Waals surface area contributed by atoms with Gasteiger partial charge in [0.25, 0.3) is 0 Å². The van der Waals surface area contributed by atoms with Gasteiger partial charge in [-0.1, -0.05) is 17.3 Å². The van der Waals surface area contributed by atoms with Gasteiger partial charge in [-0.2, -0.15) is 4.98 Å². The van der Waals surface area contributed by atoms with E-state index in [1.807, 2.05) is 24.3 Å². The van der Waals surface area contributed by atoms with Crippen molar-refractivity contribution in [2.24, 2.45) is 0 Å². The smallest absolute Gasteiger partial charge is 0.227 e. The first kappa shape index (κ1) is 19.8. The lowest BCUT2D eigenvalue weighted by atomic mass is 10.1. The van der Waals surface area contributed by atoms with E-state index in [0.29, 0.717) is 23.9 Å². The van der Waals surface area contributed by atoms with Gasteiger partial charge in [-0.3, -0.25) is 9.78 Å². The average Bonchev–Trinajstić information content (AvgIpc) is 3.27. The van der Waals surface area contributed by atoms with E-state index >= 15 is 0 Å². The van der Waals surface area contributed by atoms with Crippen molar-refractivity contribution in [1.29, 1.82) is 0 Å². The number of aromatic nitrogens is 4. The summed E-state index contributed by atoms with van der Waals surface area (Å²) in [6.07, 6.45) is 7.70. The second kappa shape index (κ2) is 9.34. The number of nitrogens with one attached hydrogen (secondary N) is 1. The quantitative estimate of drug-likeness (QED) is 0.634. The second-order valence-electron chi connectivity index (χ2n) is 7.13. The SMILES string of the molecule is COc1ccccc1-c1noc(CCC(=O)N[C@H]2CCCN(c3cnccn3)C2)n1. The van der Waals surface area contributed by atoms with Crippen LogP contribution in [0.5, 0.6) is 5.75 Å². The van der Waals surface area contributed by atoms with E-state index in [1.165, 1.54) is 0 Å². The molecule has 0 unspecified atom stereocenters. The monoisotopic (exact) mass is 408 g/mol. The molecule has 1 aliphatic rings. The predicted molar refractivity (Wildman–Crippen MR) is 110 cm³/mol. The van der Waals surface area contributed by atoms with Gasteiger partial charge in [0.1, 0.15) is 11.6 Å². The van der Waals surface area contributed by atoms with Crippen LogP contribution < -0.4 is 15.0 Å². The topological polar surface area (TPSA) is 106 Å². The Balaban J connectivity index is 1.29. The first-order chi connectivity index (χ1) is 14.7. The molecule has 1 atom stereocenters. The summed E-state index contributed by atoms with van der Waals surface area (Å²) >= 11 is 0. The minimum Gasteiger partial charge on any atom is -0.496 e. The average molecular weight is 408 g/mol. The van der Waals surface area contributed by atoms with Crippen LogP contribution in [0.4, 0.5) is 5.82 Å². The van der Waals surface area contributed by atoms with Gasteiger partial charge in [0.2, 0.25) is 17.6 Å². The summed E-state index contributed by atoms with van der Waals surface area (Å²) in [6.45, 7) is 1.64. The lowest BCUT2D eigenvalue weighted by Crippen LogP contribution is -2.48. The molecule has 0 bridgehead atoms. The normalized spacial score (nSPS) is 16.3. The first-order valence-corrected chi connectivity index (χ1v) is 9.99. The molecule has 0 aliphatic carbocycles. The van der Waals surface area contributed by atoms with Crippen molar-refractivity contribution < 1.29 is 14.1 Å². The number of para-hydroxylation sites is 1. The van der Waals surface area contributed by atoms with Crippen molar-refractivity contribution in [2.45, 2.75) is 31.7 Å². The Kier molecular flexibility index (Phi) is 6.17. The molecule has 0 spiro atoms. The summed E-state index contributed by atoms with van der Waals surface area (Å²) in [4.78, 5) is 27.5. The minimum absolute atomic E-state index is 0.0296. The Morgan fingerprint density at radius 3 is 3.07 bits per heavy atom. The summed E-state index contributed by atoms with van der Waals surface area (Å²) in [7, 11) is 1.60. The van der Waals surface area contributed by atoms with Crippen LogP contribution in [-0.4, -0.2) is 52.3 Å². The number of hydrogen-bond acceptors (Lipinski definition) is 8. The molecule has 2 aromatic heterocycles. The number of ether oxygens (including phenoxy) is 1. The molecule has 3 heterocycles. The minimum atomic E-state index is -0.0296. The van der Waals surface area contributed by atoms with Crippen LogP contribution in [0.15, 0.2) is 47.4 Å². The Labute approximate surface area is 174 Å². The number of carbonyl (C=O) groups is 1. The molecule has 9 nitrogen and oxygen atoms in total. The number of carbonyl (C=O) groups excluding carboxylic acids is 1. The fraction of sp³-hybridized carbons (Fsp3) is 0.381. The molecule has 1 N–H and O–H groups in total. The zero-order valence-corrected chi connectivity index (χ0v) is 16.8. The Bertz CT molecular complexity index is 978. The highest BCUT2D eigenvalue weighted by molar-refractivity contribution is 5.76. The van der Waals surface area contributed by atoms with Crippen LogP contribution in [-0.2, 0) is 11.2 Å². The number of hydrogen-bond donors (Lipinski definition) is 1. The van der Waals surface area contributed by atoms with Gasteiger partial charge in [0.05, 0.1) is 18.9 Å². The number of rotatable bonds is 7. The Hall–Kier alpha value is -3.49. The van der Waals surface area contributed by atoms with Crippen LogP contribution in [0.1, 0.15) is 25.2 Å². The summed E-state index contributed by atoms with van der Waals surface area (Å²) in [5, 5.41) is 7.12. The molecule has 0 radical (unpaired) electrons. The third-order valence-electron chi connectivity index (χ3n) is 5.04. The molecule has 1 aromatic carbocycles. The second-order valence-corrected chi connectivity index (χ2v) is 7.13. The van der Waals surface area contributed by atoms with Gasteiger partial charge in [-0.15, -0.1) is 0 Å². The van der Waals surface area contributed by atoms with Crippen LogP contribution in [0.3, 0.4) is 0 Å². The van der Waals surface area contributed by atoms with Crippen molar-refractivity contribution in [2.75, 3.05) is 25.1 Å². The van der Waals surface area contributed by atoms with Crippen LogP contribution in [0.25, 0.3) is 11.4 Å². The van der Waals surface area contributed by atoms with Gasteiger partial charge in [0.15, 0.2) is 0 Å². The van der Waals surface area contributed by atoms with Crippen molar-refractivity contribution >= 4 is 11.7 Å². The number of piperidine rings is 1. The van der Waals surface area contributed by atoms with Gasteiger partial charge >= 0.3 is 0 Å². The Morgan fingerprint density at radius 1 is 1.33 bits per heavy atom. The maximum Gasteiger partial charge on any atom is 0.227 e. The van der Waals surface area contributed by atoms with Gasteiger partial charge in [0, 0.05) is 44.4 Å². The summed E-state index contributed by atoms with van der Waals surface area (Å²) in [6, 6.07) is 7.56. The molecule has 30 heavy (non-hydrogen) atoms. The van der Waals surface area contributed by atoms with Crippen molar-refractivity contribution in [1.82, 2.24) is 25.4 Å². The van der Waals surface area contributed by atoms with Gasteiger partial charge < -0.3 is 19.5 Å². The summed E-state index contributed by atoms with van der Waals surface area (Å²) < 4.78 is 10.6. The number of anilines is 1. The molecule has 156 valence electrons. The lowest BCUT2D eigenvalue weighted by molar-refractivity contribution is -0.121. The van der Waals surface area contributed by atoms with E-state index in [0.717, 1.165) is 37.3 Å². The van der Waals surface area contributed by atoms with E-state index in [4.69, 9.17) is 9.26 Å². The molecule has 1 amide bonds. The zero-order chi connectivity index (χ0) is 20.8. The standard InChI is InChI=1S/C21H24N6O3/c1-29-17-7-3-2-6-16(17)21-25-20(30-26-21)9-8-19(28)24-15-5-4-12-27(14-15)18-13-22-10-11-23-18/h2-3,6-7,10-11,13,15H,4-5,8-9,12,14H2,1H3,(H,24,28)/t15-/m0/s1. The number of nitrogens with zero attached hydrogens (tertiary/aromatic N) is 5. The van der Waals surface area contributed by atoms with Gasteiger partial charge in [-0.25, -0.2) is 4.98 Å². The van der Waals surface area contributed by atoms with Gasteiger partial charge in [-0.05, 0) is 25.0 Å². The lowest BCUT2D eigenvalue weighted by Gasteiger charge is -2.33. The molecule has 1 saturated heterocycles. The number of methoxy groups -OCH3 is 1. The van der Waals surface area contributed by atoms with E-state index in [2.05, 4.69) is 30.3 Å². The fourth-order valence-corrected chi connectivity index (χ4v) is 3.57. The largest absolute Gasteiger partial charge is 0.496 e. The predicted octanol–water partition coefficient (Wildman–Crippen LogP) is 2.25.